The van der Waals surface area contributed by atoms with Crippen molar-refractivity contribution < 1.29 is 13.2 Å². The second-order valence-corrected chi connectivity index (χ2v) is 4.35. The van der Waals surface area contributed by atoms with Crippen molar-refractivity contribution in [3.8, 4) is 6.07 Å². The molecule has 98 valence electrons. The SMILES string of the molecule is N#CC(Cl)CN(N)c1ccc(C(F)(F)F)cc1Cl. The van der Waals surface area contributed by atoms with E-state index in [0.717, 1.165) is 23.2 Å². The number of benzene rings is 1. The van der Waals surface area contributed by atoms with Crippen molar-refractivity contribution in [3.63, 3.8) is 0 Å². The number of nitrogens with zero attached hydrogens (tertiary/aromatic N) is 2. The molecular formula is C10H8Cl2F3N3. The van der Waals surface area contributed by atoms with E-state index in [-0.39, 0.29) is 17.3 Å². The van der Waals surface area contributed by atoms with Gasteiger partial charge in [-0.15, -0.1) is 11.6 Å². The van der Waals surface area contributed by atoms with Gasteiger partial charge in [0, 0.05) is 0 Å². The molecule has 0 aliphatic rings. The normalized spacial score (nSPS) is 12.9. The maximum absolute atomic E-state index is 12.4. The third kappa shape index (κ3) is 3.67. The number of hydrogen-bond acceptors (Lipinski definition) is 3. The first-order chi connectivity index (χ1) is 8.25. The molecule has 0 amide bonds. The van der Waals surface area contributed by atoms with Crippen LogP contribution >= 0.6 is 23.2 Å². The fourth-order valence-electron chi connectivity index (χ4n) is 1.23. The minimum Gasteiger partial charge on any atom is -0.307 e. The number of nitriles is 1. The Morgan fingerprint density at radius 3 is 2.50 bits per heavy atom. The van der Waals surface area contributed by atoms with E-state index in [1.807, 2.05) is 0 Å². The van der Waals surface area contributed by atoms with Crippen LogP contribution < -0.4 is 10.9 Å². The molecule has 1 aromatic rings. The van der Waals surface area contributed by atoms with Crippen molar-refractivity contribution >= 4 is 28.9 Å². The second-order valence-electron chi connectivity index (χ2n) is 3.41. The molecule has 0 saturated heterocycles. The molecule has 0 spiro atoms. The Morgan fingerprint density at radius 2 is 2.06 bits per heavy atom. The first-order valence-electron chi connectivity index (χ1n) is 4.68. The lowest BCUT2D eigenvalue weighted by molar-refractivity contribution is -0.137. The lowest BCUT2D eigenvalue weighted by Crippen LogP contribution is -2.36. The summed E-state index contributed by atoms with van der Waals surface area (Å²) in [6.45, 7) is -0.0524. The van der Waals surface area contributed by atoms with Crippen LogP contribution in [-0.2, 0) is 6.18 Å². The van der Waals surface area contributed by atoms with Gasteiger partial charge in [0.2, 0.25) is 0 Å². The van der Waals surface area contributed by atoms with Gasteiger partial charge in [-0.3, -0.25) is 0 Å². The zero-order valence-electron chi connectivity index (χ0n) is 8.88. The minimum atomic E-state index is -4.47. The summed E-state index contributed by atoms with van der Waals surface area (Å²) in [5.74, 6) is 5.56. The number of alkyl halides is 4. The van der Waals surface area contributed by atoms with Gasteiger partial charge >= 0.3 is 6.18 Å². The Morgan fingerprint density at radius 1 is 1.44 bits per heavy atom. The topological polar surface area (TPSA) is 53.0 Å². The van der Waals surface area contributed by atoms with Gasteiger partial charge in [-0.1, -0.05) is 11.6 Å². The van der Waals surface area contributed by atoms with Crippen LogP contribution in [0.2, 0.25) is 5.02 Å². The van der Waals surface area contributed by atoms with Gasteiger partial charge in [-0.25, -0.2) is 5.84 Å². The fraction of sp³-hybridized carbons (Fsp3) is 0.300. The number of hydrogen-bond donors (Lipinski definition) is 1. The van der Waals surface area contributed by atoms with E-state index >= 15 is 0 Å². The highest BCUT2D eigenvalue weighted by Crippen LogP contribution is 2.34. The lowest BCUT2D eigenvalue weighted by Gasteiger charge is -2.21. The van der Waals surface area contributed by atoms with E-state index in [9.17, 15) is 13.2 Å². The Balaban J connectivity index is 2.96. The standard InChI is InChI=1S/C10H8Cl2F3N3/c11-7(4-16)5-18(17)9-2-1-6(3-8(9)12)10(13,14)15/h1-3,7H,5,17H2. The molecule has 0 aliphatic carbocycles. The largest absolute Gasteiger partial charge is 0.416 e. The van der Waals surface area contributed by atoms with Crippen molar-refractivity contribution in [1.29, 1.82) is 5.26 Å². The van der Waals surface area contributed by atoms with Crippen LogP contribution in [0, 0.1) is 11.3 Å². The molecule has 0 aromatic heterocycles. The van der Waals surface area contributed by atoms with Crippen molar-refractivity contribution in [2.75, 3.05) is 11.6 Å². The van der Waals surface area contributed by atoms with E-state index in [2.05, 4.69) is 0 Å². The monoisotopic (exact) mass is 297 g/mol. The van der Waals surface area contributed by atoms with Crippen molar-refractivity contribution in [3.05, 3.63) is 28.8 Å². The van der Waals surface area contributed by atoms with Crippen LogP contribution in [-0.4, -0.2) is 11.9 Å². The van der Waals surface area contributed by atoms with Gasteiger partial charge in [-0.05, 0) is 18.2 Å². The van der Waals surface area contributed by atoms with Crippen LogP contribution in [0.5, 0.6) is 0 Å². The van der Waals surface area contributed by atoms with E-state index in [4.69, 9.17) is 34.3 Å². The van der Waals surface area contributed by atoms with Crippen LogP contribution in [0.15, 0.2) is 18.2 Å². The molecule has 0 fully saturated rings. The minimum absolute atomic E-state index is 0.0524. The summed E-state index contributed by atoms with van der Waals surface area (Å²) in [6.07, 6.45) is -4.47. The number of anilines is 1. The van der Waals surface area contributed by atoms with Crippen molar-refractivity contribution in [2.45, 2.75) is 11.6 Å². The Kier molecular flexibility index (Phi) is 4.68. The lowest BCUT2D eigenvalue weighted by atomic mass is 10.2. The highest BCUT2D eigenvalue weighted by Gasteiger charge is 2.31. The summed E-state index contributed by atoms with van der Waals surface area (Å²) < 4.78 is 37.2. The van der Waals surface area contributed by atoms with E-state index in [0.29, 0.717) is 0 Å². The molecule has 18 heavy (non-hydrogen) atoms. The Hall–Kier alpha value is -1.16. The molecule has 3 nitrogen and oxygen atoms in total. The molecule has 0 aliphatic heterocycles. The number of halogens is 5. The van der Waals surface area contributed by atoms with Gasteiger partial charge in [-0.2, -0.15) is 18.4 Å². The zero-order chi connectivity index (χ0) is 13.9. The third-order valence-corrected chi connectivity index (χ3v) is 2.62. The average Bonchev–Trinajstić information content (AvgIpc) is 2.27. The number of nitrogens with two attached hydrogens (primary N) is 1. The molecule has 1 aromatic carbocycles. The summed E-state index contributed by atoms with van der Waals surface area (Å²) in [5.41, 5.74) is -0.696. The summed E-state index contributed by atoms with van der Waals surface area (Å²) in [6, 6.07) is 4.50. The predicted octanol–water partition coefficient (Wildman–Crippen LogP) is 3.17. The first-order valence-corrected chi connectivity index (χ1v) is 5.50. The molecule has 0 radical (unpaired) electrons. The maximum atomic E-state index is 12.4. The zero-order valence-corrected chi connectivity index (χ0v) is 10.4. The summed E-state index contributed by atoms with van der Waals surface area (Å²) >= 11 is 11.3. The number of rotatable bonds is 3. The molecule has 0 heterocycles. The van der Waals surface area contributed by atoms with Crippen LogP contribution in [0.1, 0.15) is 5.56 Å². The molecule has 0 bridgehead atoms. The quantitative estimate of drug-likeness (QED) is 0.530. The first kappa shape index (κ1) is 14.9. The fourth-order valence-corrected chi connectivity index (χ4v) is 1.67. The van der Waals surface area contributed by atoms with E-state index < -0.39 is 17.1 Å². The maximum Gasteiger partial charge on any atom is 0.416 e. The molecule has 1 unspecified atom stereocenters. The molecule has 0 saturated carbocycles. The molecular weight excluding hydrogens is 290 g/mol. The van der Waals surface area contributed by atoms with E-state index in [1.165, 1.54) is 0 Å². The van der Waals surface area contributed by atoms with Gasteiger partial charge < -0.3 is 5.01 Å². The van der Waals surface area contributed by atoms with Gasteiger partial charge in [0.1, 0.15) is 5.38 Å². The van der Waals surface area contributed by atoms with Gasteiger partial charge in [0.15, 0.2) is 0 Å². The average molecular weight is 298 g/mol. The summed E-state index contributed by atoms with van der Waals surface area (Å²) in [4.78, 5) is 0. The number of hydrazine groups is 1. The summed E-state index contributed by atoms with van der Waals surface area (Å²) in [7, 11) is 0. The molecule has 1 rings (SSSR count). The van der Waals surface area contributed by atoms with Crippen LogP contribution in [0.4, 0.5) is 18.9 Å². The summed E-state index contributed by atoms with van der Waals surface area (Å²) in [5, 5.41) is 8.50. The Labute approximate surface area is 111 Å². The Bertz CT molecular complexity index is 470. The predicted molar refractivity (Wildman–Crippen MR) is 63.2 cm³/mol. The second kappa shape index (κ2) is 5.65. The molecule has 8 heteroatoms. The molecule has 1 atom stereocenters. The molecule has 2 N–H and O–H groups in total. The van der Waals surface area contributed by atoms with Crippen molar-refractivity contribution in [2.24, 2.45) is 5.84 Å². The highest BCUT2D eigenvalue weighted by molar-refractivity contribution is 6.33. The third-order valence-electron chi connectivity index (χ3n) is 2.08. The van der Waals surface area contributed by atoms with Crippen LogP contribution in [0.25, 0.3) is 0 Å². The van der Waals surface area contributed by atoms with Crippen LogP contribution in [0.3, 0.4) is 0 Å². The van der Waals surface area contributed by atoms with Gasteiger partial charge in [0.05, 0.1) is 28.9 Å². The van der Waals surface area contributed by atoms with Gasteiger partial charge in [0.25, 0.3) is 0 Å². The van der Waals surface area contributed by atoms with E-state index in [1.54, 1.807) is 6.07 Å². The van der Waals surface area contributed by atoms with Crippen molar-refractivity contribution in [1.82, 2.24) is 0 Å². The smallest absolute Gasteiger partial charge is 0.307 e. The highest BCUT2D eigenvalue weighted by atomic mass is 35.5.